The van der Waals surface area contributed by atoms with Crippen LogP contribution in [0.25, 0.3) is 11.5 Å². The Hall–Kier alpha value is -2.34. The Bertz CT molecular complexity index is 678. The highest BCUT2D eigenvalue weighted by molar-refractivity contribution is 5.79. The van der Waals surface area contributed by atoms with E-state index in [0.717, 1.165) is 43.4 Å². The first-order chi connectivity index (χ1) is 12.7. The van der Waals surface area contributed by atoms with Crippen molar-refractivity contribution in [1.29, 1.82) is 0 Å². The van der Waals surface area contributed by atoms with E-state index in [1.807, 2.05) is 12.1 Å². The van der Waals surface area contributed by atoms with Gasteiger partial charge in [-0.25, -0.2) is 4.98 Å². The van der Waals surface area contributed by atoms with E-state index in [-0.39, 0.29) is 0 Å². The average Bonchev–Trinajstić information content (AvgIpc) is 3.13. The molecule has 0 bridgehead atoms. The van der Waals surface area contributed by atoms with Crippen LogP contribution in [0.15, 0.2) is 39.9 Å². The van der Waals surface area contributed by atoms with Crippen LogP contribution < -0.4 is 10.6 Å². The molecule has 1 heterocycles. The number of aryl methyl sites for hydroxylation is 1. The molecule has 26 heavy (non-hydrogen) atoms. The highest BCUT2D eigenvalue weighted by atomic mass is 16.3. The van der Waals surface area contributed by atoms with Crippen molar-refractivity contribution in [3.05, 3.63) is 41.8 Å². The number of oxazole rings is 1. The van der Waals surface area contributed by atoms with Gasteiger partial charge < -0.3 is 20.0 Å². The normalized spacial score (nSPS) is 11.8. The maximum absolute atomic E-state index is 5.59. The molecule has 0 atom stereocenters. The fourth-order valence-electron chi connectivity index (χ4n) is 2.69. The van der Waals surface area contributed by atoms with Gasteiger partial charge in [0.25, 0.3) is 0 Å². The molecule has 2 rings (SSSR count). The second-order valence-corrected chi connectivity index (χ2v) is 6.30. The lowest BCUT2D eigenvalue weighted by Crippen LogP contribution is -2.41. The number of guanidine groups is 1. The van der Waals surface area contributed by atoms with Gasteiger partial charge in [-0.3, -0.25) is 4.99 Å². The Kier molecular flexibility index (Phi) is 8.15. The summed E-state index contributed by atoms with van der Waals surface area (Å²) in [6.07, 6.45) is 2.87. The molecule has 2 aromatic rings. The van der Waals surface area contributed by atoms with Crippen molar-refractivity contribution in [2.45, 2.75) is 33.7 Å². The molecule has 0 spiro atoms. The van der Waals surface area contributed by atoms with Gasteiger partial charge >= 0.3 is 0 Å². The Morgan fingerprint density at radius 3 is 2.58 bits per heavy atom. The van der Waals surface area contributed by atoms with Crippen molar-refractivity contribution in [2.75, 3.05) is 33.2 Å². The van der Waals surface area contributed by atoms with Crippen LogP contribution in [-0.2, 0) is 6.54 Å². The minimum absolute atomic E-state index is 0.571. The molecule has 142 valence electrons. The molecule has 0 aliphatic rings. The fraction of sp³-hybridized carbons (Fsp3) is 0.500. The van der Waals surface area contributed by atoms with Crippen LogP contribution in [0.2, 0.25) is 0 Å². The lowest BCUT2D eigenvalue weighted by molar-refractivity contribution is 0.293. The number of benzene rings is 1. The van der Waals surface area contributed by atoms with Crippen LogP contribution in [0.5, 0.6) is 0 Å². The smallest absolute Gasteiger partial charge is 0.226 e. The lowest BCUT2D eigenvalue weighted by atomic mass is 10.1. The number of aromatic nitrogens is 1. The molecule has 0 aliphatic heterocycles. The van der Waals surface area contributed by atoms with Crippen molar-refractivity contribution in [3.63, 3.8) is 0 Å². The largest absolute Gasteiger partial charge is 0.444 e. The number of nitrogens with zero attached hydrogens (tertiary/aromatic N) is 3. The summed E-state index contributed by atoms with van der Waals surface area (Å²) in [7, 11) is 1.78. The highest BCUT2D eigenvalue weighted by Crippen LogP contribution is 2.18. The van der Waals surface area contributed by atoms with E-state index in [1.165, 1.54) is 12.0 Å². The summed E-state index contributed by atoms with van der Waals surface area (Å²) in [4.78, 5) is 11.2. The van der Waals surface area contributed by atoms with E-state index in [4.69, 9.17) is 4.42 Å². The van der Waals surface area contributed by atoms with Crippen LogP contribution in [-0.4, -0.2) is 49.1 Å². The van der Waals surface area contributed by atoms with E-state index in [1.54, 1.807) is 13.3 Å². The van der Waals surface area contributed by atoms with Crippen molar-refractivity contribution in [2.24, 2.45) is 4.99 Å². The summed E-state index contributed by atoms with van der Waals surface area (Å²) < 4.78 is 5.59. The zero-order valence-electron chi connectivity index (χ0n) is 16.4. The van der Waals surface area contributed by atoms with Gasteiger partial charge in [-0.2, -0.15) is 0 Å². The summed E-state index contributed by atoms with van der Waals surface area (Å²) in [5.41, 5.74) is 3.06. The van der Waals surface area contributed by atoms with Gasteiger partial charge in [0.05, 0.1) is 12.2 Å². The first kappa shape index (κ1) is 20.0. The molecule has 6 heteroatoms. The molecule has 1 aromatic carbocycles. The molecule has 0 aliphatic carbocycles. The molecule has 1 aromatic heterocycles. The lowest BCUT2D eigenvalue weighted by Gasteiger charge is -2.20. The summed E-state index contributed by atoms with van der Waals surface area (Å²) in [6, 6.07) is 8.16. The molecule has 0 radical (unpaired) electrons. The van der Waals surface area contributed by atoms with Crippen LogP contribution in [0.1, 0.15) is 31.5 Å². The van der Waals surface area contributed by atoms with Gasteiger partial charge in [0, 0.05) is 25.7 Å². The third kappa shape index (κ3) is 6.19. The van der Waals surface area contributed by atoms with Gasteiger partial charge in [-0.1, -0.05) is 31.5 Å². The zero-order chi connectivity index (χ0) is 18.8. The Labute approximate surface area is 156 Å². The Morgan fingerprint density at radius 2 is 1.92 bits per heavy atom. The first-order valence-corrected chi connectivity index (χ1v) is 9.34. The molecular weight excluding hydrogens is 326 g/mol. The molecule has 0 unspecified atom stereocenters. The van der Waals surface area contributed by atoms with Crippen LogP contribution in [0.4, 0.5) is 0 Å². The quantitative estimate of drug-likeness (QED) is 0.533. The number of hydrogen-bond acceptors (Lipinski definition) is 4. The number of hydrogen-bond donors (Lipinski definition) is 2. The van der Waals surface area contributed by atoms with Crippen molar-refractivity contribution in [3.8, 4) is 11.5 Å². The minimum atomic E-state index is 0.571. The number of likely N-dealkylation sites (N-methyl/N-ethyl adjacent to an activating group) is 1. The molecule has 0 fully saturated rings. The monoisotopic (exact) mass is 357 g/mol. The van der Waals surface area contributed by atoms with E-state index >= 15 is 0 Å². The van der Waals surface area contributed by atoms with Gasteiger partial charge in [-0.15, -0.1) is 0 Å². The topological polar surface area (TPSA) is 65.7 Å². The summed E-state index contributed by atoms with van der Waals surface area (Å²) >= 11 is 0. The Balaban J connectivity index is 1.80. The molecule has 6 nitrogen and oxygen atoms in total. The molecule has 0 saturated heterocycles. The van der Waals surface area contributed by atoms with Crippen LogP contribution >= 0.6 is 0 Å². The van der Waals surface area contributed by atoms with Gasteiger partial charge in [0.2, 0.25) is 5.89 Å². The Morgan fingerprint density at radius 1 is 1.15 bits per heavy atom. The summed E-state index contributed by atoms with van der Waals surface area (Å²) in [5, 5.41) is 6.63. The number of aliphatic imine (C=N–C) groups is 1. The fourth-order valence-corrected chi connectivity index (χ4v) is 2.69. The summed E-state index contributed by atoms with van der Waals surface area (Å²) in [5.74, 6) is 1.42. The van der Waals surface area contributed by atoms with Gasteiger partial charge in [0.15, 0.2) is 5.96 Å². The van der Waals surface area contributed by atoms with Crippen LogP contribution in [0.3, 0.4) is 0 Å². The SMILES string of the molecule is CCCN(CC)CCNC(=NC)NCc1coc(-c2ccc(C)cc2)n1. The van der Waals surface area contributed by atoms with Crippen molar-refractivity contribution in [1.82, 2.24) is 20.5 Å². The predicted octanol–water partition coefficient (Wildman–Crippen LogP) is 3.05. The van der Waals surface area contributed by atoms with E-state index in [0.29, 0.717) is 12.4 Å². The van der Waals surface area contributed by atoms with Crippen molar-refractivity contribution < 1.29 is 4.42 Å². The maximum Gasteiger partial charge on any atom is 0.226 e. The van der Waals surface area contributed by atoms with Gasteiger partial charge in [0.1, 0.15) is 6.26 Å². The number of rotatable bonds is 9. The van der Waals surface area contributed by atoms with E-state index < -0.39 is 0 Å². The molecular formula is C20H31N5O. The van der Waals surface area contributed by atoms with E-state index in [2.05, 4.69) is 58.4 Å². The molecule has 0 amide bonds. The van der Waals surface area contributed by atoms with Crippen molar-refractivity contribution >= 4 is 5.96 Å². The van der Waals surface area contributed by atoms with Gasteiger partial charge in [-0.05, 0) is 38.6 Å². The second-order valence-electron chi connectivity index (χ2n) is 6.30. The molecule has 2 N–H and O–H groups in total. The first-order valence-electron chi connectivity index (χ1n) is 9.34. The second kappa shape index (κ2) is 10.6. The van der Waals surface area contributed by atoms with E-state index in [9.17, 15) is 0 Å². The molecule has 0 saturated carbocycles. The predicted molar refractivity (Wildman–Crippen MR) is 107 cm³/mol. The third-order valence-electron chi connectivity index (χ3n) is 4.22. The number of nitrogens with one attached hydrogen (secondary N) is 2. The summed E-state index contributed by atoms with van der Waals surface area (Å²) in [6.45, 7) is 11.1. The average molecular weight is 358 g/mol. The minimum Gasteiger partial charge on any atom is -0.444 e. The highest BCUT2D eigenvalue weighted by Gasteiger charge is 2.07. The van der Waals surface area contributed by atoms with Crippen LogP contribution in [0, 0.1) is 6.92 Å². The zero-order valence-corrected chi connectivity index (χ0v) is 16.4. The third-order valence-corrected chi connectivity index (χ3v) is 4.22. The standard InChI is InChI=1S/C20H31N5O/c1-5-12-25(6-2)13-11-22-20(21-4)23-14-18-15-26-19(24-18)17-9-7-16(3)8-10-17/h7-10,15H,5-6,11-14H2,1-4H3,(H2,21,22,23). The maximum atomic E-state index is 5.59.